The van der Waals surface area contributed by atoms with Crippen LogP contribution in [0.3, 0.4) is 0 Å². The fourth-order valence-corrected chi connectivity index (χ4v) is 0. The summed E-state index contributed by atoms with van der Waals surface area (Å²) in [5.41, 5.74) is 0. The zero-order chi connectivity index (χ0) is 2.71. The Morgan fingerprint density at radius 1 is 1.75 bits per heavy atom. The smallest absolute Gasteiger partial charge is 0.265 e. The molecule has 0 amide bonds. The lowest BCUT2D eigenvalue weighted by Gasteiger charge is -1.21. The summed E-state index contributed by atoms with van der Waals surface area (Å²) in [5, 5.41) is 0. The van der Waals surface area contributed by atoms with Crippen molar-refractivity contribution in [2.75, 3.05) is 0 Å². The first kappa shape index (κ1) is 9.51. The van der Waals surface area contributed by atoms with Gasteiger partial charge in [-0.1, -0.05) is 7.43 Å². The largest absolute Gasteiger partial charge is 0.289 e. The van der Waals surface area contributed by atoms with E-state index in [1.54, 1.807) is 0 Å². The summed E-state index contributed by atoms with van der Waals surface area (Å²) in [7, 11) is 0. The molecule has 26 valence electrons. The summed E-state index contributed by atoms with van der Waals surface area (Å²) in [6, 6.07) is 0. The fourth-order valence-electron chi connectivity index (χ4n) is 0. The minimum Gasteiger partial charge on any atom is -0.265 e. The lowest BCUT2D eigenvalue weighted by molar-refractivity contribution is 0.510. The van der Waals surface area contributed by atoms with Crippen molar-refractivity contribution in [3.8, 4) is 0 Å². The third-order valence-electron chi connectivity index (χ3n) is 0. The Balaban J connectivity index is 0. The molecule has 0 unspecified atom stereocenters. The average Bonchev–Trinajstić information content (AvgIpc) is 0.918. The molecule has 0 atom stereocenters. The van der Waals surface area contributed by atoms with Crippen molar-refractivity contribution in [2.24, 2.45) is 0 Å². The third kappa shape index (κ3) is 3.60. The molecule has 0 rings (SSSR count). The van der Waals surface area contributed by atoms with Crippen LogP contribution in [-0.2, 0) is 4.79 Å². The van der Waals surface area contributed by atoms with Gasteiger partial charge in [0.15, 0.2) is 0 Å². The van der Waals surface area contributed by atoms with Crippen LogP contribution >= 0.6 is 0 Å². The number of rotatable bonds is 0. The summed E-state index contributed by atoms with van der Waals surface area (Å²) in [5.74, 6) is 0. The molecule has 0 radical (unpaired) electrons. The van der Waals surface area contributed by atoms with Crippen molar-refractivity contribution in [3.05, 3.63) is 0 Å². The van der Waals surface area contributed by atoms with Crippen LogP contribution in [0, 0.1) is 0 Å². The zero-order valence-electron chi connectivity index (χ0n) is 1.36. The first-order chi connectivity index (χ1) is 1.41. The van der Waals surface area contributed by atoms with Crippen LogP contribution in [0.25, 0.3) is 0 Å². The third-order valence-corrected chi connectivity index (χ3v) is 0. The molecule has 0 aliphatic carbocycles. The van der Waals surface area contributed by atoms with Crippen molar-refractivity contribution < 1.29 is 9.18 Å². The summed E-state index contributed by atoms with van der Waals surface area (Å²) in [6.07, 6.45) is 0. The van der Waals surface area contributed by atoms with Gasteiger partial charge in [-0.15, -0.1) is 0 Å². The number of halogens is 1. The molecule has 0 aromatic rings. The Kier molecular flexibility index (Phi) is 43.9. The van der Waals surface area contributed by atoms with E-state index >= 15 is 0 Å². The molecular weight excluding hydrogens is 59.0 g/mol. The van der Waals surface area contributed by atoms with E-state index in [1.807, 2.05) is 0 Å². The van der Waals surface area contributed by atoms with Crippen molar-refractivity contribution in [1.29, 1.82) is 0 Å². The number of carbonyl (C=O) groups is 1. The quantitative estimate of drug-likeness (QED) is 0.300. The molecule has 0 aromatic heterocycles. The van der Waals surface area contributed by atoms with E-state index < -0.39 is 6.54 Å². The molecular formula is C2H5FO. The van der Waals surface area contributed by atoms with E-state index in [0.717, 1.165) is 0 Å². The van der Waals surface area contributed by atoms with E-state index in [2.05, 4.69) is 0 Å². The maximum absolute atomic E-state index is 9.61. The number of hydrogen-bond acceptors (Lipinski definition) is 1. The molecule has 0 aliphatic heterocycles. The van der Waals surface area contributed by atoms with E-state index in [9.17, 15) is 4.39 Å². The Morgan fingerprint density at radius 3 is 1.75 bits per heavy atom. The van der Waals surface area contributed by atoms with Crippen molar-refractivity contribution in [2.45, 2.75) is 7.43 Å². The topological polar surface area (TPSA) is 17.1 Å². The maximum Gasteiger partial charge on any atom is 0.289 e. The van der Waals surface area contributed by atoms with E-state index in [0.29, 0.717) is 0 Å². The normalized spacial score (nSPS) is 3.25. The van der Waals surface area contributed by atoms with Crippen LogP contribution in [0.4, 0.5) is 4.39 Å². The molecule has 0 saturated carbocycles. The van der Waals surface area contributed by atoms with Crippen molar-refractivity contribution in [3.63, 3.8) is 0 Å². The van der Waals surface area contributed by atoms with Crippen LogP contribution < -0.4 is 0 Å². The molecule has 1 nitrogen and oxygen atoms in total. The van der Waals surface area contributed by atoms with Gasteiger partial charge in [-0.2, -0.15) is 4.39 Å². The van der Waals surface area contributed by atoms with Crippen molar-refractivity contribution >= 4 is 6.54 Å². The van der Waals surface area contributed by atoms with Gasteiger partial charge in [0.1, 0.15) is 0 Å². The highest BCUT2D eigenvalue weighted by Crippen LogP contribution is 1.27. The molecule has 0 bridgehead atoms. The zero-order valence-corrected chi connectivity index (χ0v) is 1.36. The van der Waals surface area contributed by atoms with Crippen LogP contribution in [-0.4, -0.2) is 6.54 Å². The predicted octanol–water partition coefficient (Wildman–Crippen LogP) is 0.782. The van der Waals surface area contributed by atoms with Crippen LogP contribution in [0.1, 0.15) is 7.43 Å². The Morgan fingerprint density at radius 2 is 1.75 bits per heavy atom. The average molecular weight is 64.1 g/mol. The van der Waals surface area contributed by atoms with Gasteiger partial charge in [-0.3, -0.25) is 4.79 Å². The SMILES string of the molecule is C.O=CF. The van der Waals surface area contributed by atoms with Gasteiger partial charge in [0.2, 0.25) is 0 Å². The summed E-state index contributed by atoms with van der Waals surface area (Å²) in [6.45, 7) is -0.750. The number of hydrogen-bond donors (Lipinski definition) is 0. The van der Waals surface area contributed by atoms with E-state index in [-0.39, 0.29) is 7.43 Å². The summed E-state index contributed by atoms with van der Waals surface area (Å²) < 4.78 is 9.61. The van der Waals surface area contributed by atoms with Gasteiger partial charge in [0, 0.05) is 0 Å². The van der Waals surface area contributed by atoms with E-state index in [4.69, 9.17) is 4.79 Å². The number of carbonyl (C=O) groups excluding carboxylic acids is 1. The first-order valence-electron chi connectivity index (χ1n) is 0.454. The molecule has 2 heteroatoms. The predicted molar refractivity (Wildman–Crippen MR) is 14.6 cm³/mol. The second kappa shape index (κ2) is 18.5. The summed E-state index contributed by atoms with van der Waals surface area (Å²) >= 11 is 0. The maximum atomic E-state index is 9.61. The lowest BCUT2D eigenvalue weighted by Crippen LogP contribution is -1.29. The van der Waals surface area contributed by atoms with Gasteiger partial charge in [0.05, 0.1) is 0 Å². The van der Waals surface area contributed by atoms with Gasteiger partial charge < -0.3 is 0 Å². The second-order valence-electron chi connectivity index (χ2n) is 0.0891. The highest BCUT2D eigenvalue weighted by atomic mass is 19.1. The molecule has 0 heterocycles. The molecule has 0 aromatic carbocycles. The molecule has 0 fully saturated rings. The lowest BCUT2D eigenvalue weighted by atomic mass is 11.8. The fraction of sp³-hybridized carbons (Fsp3) is 0.500. The second-order valence-corrected chi connectivity index (χ2v) is 0.0891. The van der Waals surface area contributed by atoms with Gasteiger partial charge in [0.25, 0.3) is 6.54 Å². The monoisotopic (exact) mass is 64.0 g/mol. The summed E-state index contributed by atoms with van der Waals surface area (Å²) in [4.78, 5) is 8.14. The van der Waals surface area contributed by atoms with Gasteiger partial charge in [-0.25, -0.2) is 0 Å². The molecule has 0 N–H and O–H groups in total. The Hall–Kier alpha value is -0.400. The van der Waals surface area contributed by atoms with Crippen molar-refractivity contribution in [1.82, 2.24) is 0 Å². The van der Waals surface area contributed by atoms with Crippen LogP contribution in [0.15, 0.2) is 0 Å². The van der Waals surface area contributed by atoms with Gasteiger partial charge in [-0.05, 0) is 0 Å². The molecule has 0 saturated heterocycles. The minimum atomic E-state index is -0.750. The minimum absolute atomic E-state index is 0. The van der Waals surface area contributed by atoms with E-state index in [1.165, 1.54) is 0 Å². The molecule has 4 heavy (non-hydrogen) atoms. The Bertz CT molecular complexity index is 13.5. The first-order valence-corrected chi connectivity index (χ1v) is 0.454. The highest BCUT2D eigenvalue weighted by molar-refractivity contribution is 5.35. The Labute approximate surface area is 24.4 Å². The van der Waals surface area contributed by atoms with Gasteiger partial charge >= 0.3 is 0 Å². The van der Waals surface area contributed by atoms with Crippen LogP contribution in [0.2, 0.25) is 0 Å². The molecule has 0 spiro atoms. The standard InChI is InChI=1S/CHFO.CH4/c2-1-3;/h1H;1H4. The highest BCUT2D eigenvalue weighted by Gasteiger charge is 1.29. The molecule has 0 aliphatic rings. The van der Waals surface area contributed by atoms with Crippen LogP contribution in [0.5, 0.6) is 0 Å².